The quantitative estimate of drug-likeness (QED) is 0.126. The lowest BCUT2D eigenvalue weighted by molar-refractivity contribution is 0.635. The lowest BCUT2D eigenvalue weighted by atomic mass is 10.5. The predicted molar refractivity (Wildman–Crippen MR) is 37.2 cm³/mol. The number of hydrogen-bond acceptors (Lipinski definition) is 3. The van der Waals surface area contributed by atoms with Gasteiger partial charge in [0.1, 0.15) is 0 Å². The Kier molecular flexibility index (Phi) is 4.61. The summed E-state index contributed by atoms with van der Waals surface area (Å²) in [6, 6.07) is 0. The van der Waals surface area contributed by atoms with Crippen LogP contribution >= 0.6 is 0 Å². The maximum absolute atomic E-state index is 5.17. The van der Waals surface area contributed by atoms with E-state index in [-0.39, 0.29) is 5.96 Å². The van der Waals surface area contributed by atoms with Crippen molar-refractivity contribution in [2.24, 2.45) is 16.7 Å². The molecule has 0 unspecified atom stereocenters. The molecule has 0 amide bonds. The first-order chi connectivity index (χ1) is 4.31. The van der Waals surface area contributed by atoms with Gasteiger partial charge >= 0.3 is 0 Å². The Bertz CT molecular complexity index is 89.0. The van der Waals surface area contributed by atoms with Crippen molar-refractivity contribution in [2.45, 2.75) is 13.3 Å². The molecule has 0 saturated carbocycles. The summed E-state index contributed by atoms with van der Waals surface area (Å²) in [6.45, 7) is 2.89. The largest absolute Gasteiger partial charge is 0.367 e. The summed E-state index contributed by atoms with van der Waals surface area (Å²) >= 11 is 0. The van der Waals surface area contributed by atoms with Crippen LogP contribution in [0.1, 0.15) is 13.3 Å². The third-order valence-electron chi connectivity index (χ3n) is 0.731. The lowest BCUT2D eigenvalue weighted by Gasteiger charge is -2.03. The van der Waals surface area contributed by atoms with Crippen molar-refractivity contribution in [3.8, 4) is 0 Å². The Hall–Kier alpha value is -0.970. The van der Waals surface area contributed by atoms with Crippen LogP contribution in [0.15, 0.2) is 5.10 Å². The zero-order chi connectivity index (χ0) is 7.11. The van der Waals surface area contributed by atoms with Crippen LogP contribution in [0, 0.1) is 0 Å². The van der Waals surface area contributed by atoms with Crippen LogP contribution in [-0.4, -0.2) is 12.5 Å². The minimum atomic E-state index is 0.198. The van der Waals surface area contributed by atoms with Crippen molar-refractivity contribution >= 4 is 5.96 Å². The van der Waals surface area contributed by atoms with E-state index in [1.807, 2.05) is 6.92 Å². The number of hydrazone groups is 1. The standard InChI is InChI=1S/C4H13N5/c1-2-3-7-9-4(5)8-6/h7H,2-3,6H2,1H3,(H3,5,8,9). The highest BCUT2D eigenvalue weighted by atomic mass is 15.4. The van der Waals surface area contributed by atoms with Crippen LogP contribution in [0.4, 0.5) is 0 Å². The Morgan fingerprint density at radius 3 is 2.78 bits per heavy atom. The average molecular weight is 131 g/mol. The zero-order valence-electron chi connectivity index (χ0n) is 5.52. The van der Waals surface area contributed by atoms with Crippen molar-refractivity contribution in [3.63, 3.8) is 0 Å². The lowest BCUT2D eigenvalue weighted by Crippen LogP contribution is -2.43. The molecule has 0 aromatic carbocycles. The van der Waals surface area contributed by atoms with E-state index >= 15 is 0 Å². The molecule has 0 aliphatic carbocycles. The van der Waals surface area contributed by atoms with Gasteiger partial charge in [0.05, 0.1) is 0 Å². The van der Waals surface area contributed by atoms with Crippen molar-refractivity contribution in [1.82, 2.24) is 10.9 Å². The molecule has 0 aliphatic heterocycles. The van der Waals surface area contributed by atoms with Crippen LogP contribution in [-0.2, 0) is 0 Å². The Labute approximate surface area is 54.4 Å². The Morgan fingerprint density at radius 2 is 2.33 bits per heavy atom. The fourth-order valence-corrected chi connectivity index (χ4v) is 0.310. The van der Waals surface area contributed by atoms with E-state index in [1.54, 1.807) is 0 Å². The number of hydrazine groups is 1. The number of nitrogens with one attached hydrogen (secondary N) is 2. The molecule has 9 heavy (non-hydrogen) atoms. The molecule has 5 nitrogen and oxygen atoms in total. The summed E-state index contributed by atoms with van der Waals surface area (Å²) in [5.74, 6) is 5.01. The molecule has 0 spiro atoms. The van der Waals surface area contributed by atoms with E-state index in [0.717, 1.165) is 13.0 Å². The van der Waals surface area contributed by atoms with Gasteiger partial charge in [-0.25, -0.2) is 5.43 Å². The first-order valence-electron chi connectivity index (χ1n) is 2.83. The van der Waals surface area contributed by atoms with E-state index in [9.17, 15) is 0 Å². The molecule has 54 valence electrons. The van der Waals surface area contributed by atoms with Gasteiger partial charge in [0, 0.05) is 6.54 Å². The molecule has 0 aromatic heterocycles. The Balaban J connectivity index is 3.07. The molecule has 5 heteroatoms. The molecular weight excluding hydrogens is 118 g/mol. The fourth-order valence-electron chi connectivity index (χ4n) is 0.310. The summed E-state index contributed by atoms with van der Waals surface area (Å²) in [7, 11) is 0. The molecule has 6 N–H and O–H groups in total. The van der Waals surface area contributed by atoms with E-state index in [1.165, 1.54) is 0 Å². The van der Waals surface area contributed by atoms with E-state index < -0.39 is 0 Å². The monoisotopic (exact) mass is 131 g/mol. The van der Waals surface area contributed by atoms with Gasteiger partial charge in [0.2, 0.25) is 5.96 Å². The molecule has 0 heterocycles. The predicted octanol–water partition coefficient (Wildman–Crippen LogP) is -1.32. The third kappa shape index (κ3) is 4.89. The first kappa shape index (κ1) is 8.03. The highest BCUT2D eigenvalue weighted by Crippen LogP contribution is 1.64. The van der Waals surface area contributed by atoms with Crippen molar-refractivity contribution in [2.75, 3.05) is 6.54 Å². The van der Waals surface area contributed by atoms with Crippen LogP contribution in [0.5, 0.6) is 0 Å². The first-order valence-corrected chi connectivity index (χ1v) is 2.83. The molecule has 0 fully saturated rings. The maximum Gasteiger partial charge on any atom is 0.225 e. The number of nitrogens with zero attached hydrogens (tertiary/aromatic N) is 1. The van der Waals surface area contributed by atoms with Crippen molar-refractivity contribution < 1.29 is 0 Å². The molecule has 0 atom stereocenters. The van der Waals surface area contributed by atoms with Crippen LogP contribution in [0.2, 0.25) is 0 Å². The number of rotatable bonds is 3. The van der Waals surface area contributed by atoms with Crippen molar-refractivity contribution in [3.05, 3.63) is 0 Å². The van der Waals surface area contributed by atoms with E-state index in [2.05, 4.69) is 16.0 Å². The summed E-state index contributed by atoms with van der Waals surface area (Å²) in [6.07, 6.45) is 1.03. The van der Waals surface area contributed by atoms with E-state index in [4.69, 9.17) is 11.6 Å². The van der Waals surface area contributed by atoms with Gasteiger partial charge < -0.3 is 11.6 Å². The van der Waals surface area contributed by atoms with Gasteiger partial charge in [-0.15, -0.1) is 5.10 Å². The number of nitrogens with two attached hydrogens (primary N) is 2. The summed E-state index contributed by atoms with van der Waals surface area (Å²) < 4.78 is 0. The minimum absolute atomic E-state index is 0.198. The topological polar surface area (TPSA) is 88.5 Å². The summed E-state index contributed by atoms with van der Waals surface area (Å²) in [4.78, 5) is 0. The SMILES string of the molecule is CCCNNC(N)=NN. The van der Waals surface area contributed by atoms with Gasteiger partial charge in [0.15, 0.2) is 0 Å². The number of guanidine groups is 1. The summed E-state index contributed by atoms with van der Waals surface area (Å²) in [5.41, 5.74) is 10.6. The van der Waals surface area contributed by atoms with Crippen LogP contribution in [0.3, 0.4) is 0 Å². The molecular formula is C4H13N5. The Morgan fingerprint density at radius 1 is 1.67 bits per heavy atom. The molecule has 0 aromatic rings. The summed E-state index contributed by atoms with van der Waals surface area (Å²) in [5, 5.41) is 3.18. The van der Waals surface area contributed by atoms with Gasteiger partial charge in [-0.3, -0.25) is 5.43 Å². The molecule has 0 rings (SSSR count). The van der Waals surface area contributed by atoms with E-state index in [0.29, 0.717) is 0 Å². The van der Waals surface area contributed by atoms with Crippen molar-refractivity contribution in [1.29, 1.82) is 0 Å². The fraction of sp³-hybridized carbons (Fsp3) is 0.750. The van der Waals surface area contributed by atoms with Crippen LogP contribution < -0.4 is 22.4 Å². The minimum Gasteiger partial charge on any atom is -0.367 e. The average Bonchev–Trinajstić information content (AvgIpc) is 1.89. The van der Waals surface area contributed by atoms with Gasteiger partial charge in [0.25, 0.3) is 0 Å². The molecule has 0 bridgehead atoms. The molecule has 0 saturated heterocycles. The number of hydrogen-bond donors (Lipinski definition) is 4. The maximum atomic E-state index is 5.17. The smallest absolute Gasteiger partial charge is 0.225 e. The van der Waals surface area contributed by atoms with Gasteiger partial charge in [-0.2, -0.15) is 0 Å². The third-order valence-corrected chi connectivity index (χ3v) is 0.731. The second kappa shape index (κ2) is 5.17. The van der Waals surface area contributed by atoms with Gasteiger partial charge in [-0.05, 0) is 6.42 Å². The second-order valence-electron chi connectivity index (χ2n) is 1.57. The normalized spacial score (nSPS) is 11.4. The highest BCUT2D eigenvalue weighted by molar-refractivity contribution is 5.76. The zero-order valence-corrected chi connectivity index (χ0v) is 5.52. The molecule has 0 radical (unpaired) electrons. The van der Waals surface area contributed by atoms with Gasteiger partial charge in [-0.1, -0.05) is 6.92 Å². The molecule has 0 aliphatic rings. The second-order valence-corrected chi connectivity index (χ2v) is 1.57. The van der Waals surface area contributed by atoms with Crippen LogP contribution in [0.25, 0.3) is 0 Å². The highest BCUT2D eigenvalue weighted by Gasteiger charge is 1.83.